The topological polar surface area (TPSA) is 153 Å². The van der Waals surface area contributed by atoms with Gasteiger partial charge < -0.3 is 22.1 Å². The number of guanidine groups is 1. The lowest BCUT2D eigenvalue weighted by Gasteiger charge is -2.26. The Hall–Kier alpha value is -2.97. The number of aromatic nitrogens is 1. The minimum atomic E-state index is -0.732. The van der Waals surface area contributed by atoms with E-state index in [9.17, 15) is 14.4 Å². The third-order valence-corrected chi connectivity index (χ3v) is 4.62. The van der Waals surface area contributed by atoms with Crippen LogP contribution in [0.5, 0.6) is 0 Å². The number of nitrogens with one attached hydrogen (secondary N) is 2. The summed E-state index contributed by atoms with van der Waals surface area (Å²) in [5, 5.41) is 5.15. The van der Waals surface area contributed by atoms with E-state index in [1.165, 1.54) is 12.3 Å². The van der Waals surface area contributed by atoms with Crippen LogP contribution in [0.1, 0.15) is 36.0 Å². The summed E-state index contributed by atoms with van der Waals surface area (Å²) in [6.07, 6.45) is 4.63. The predicted octanol–water partition coefficient (Wildman–Crippen LogP) is 0.235. The maximum atomic E-state index is 12.5. The highest BCUT2D eigenvalue weighted by atomic mass is 16.2. The van der Waals surface area contributed by atoms with Gasteiger partial charge in [-0.15, -0.1) is 0 Å². The Bertz CT molecular complexity index is 748. The molecule has 1 aliphatic heterocycles. The molecule has 0 saturated heterocycles. The van der Waals surface area contributed by atoms with Crippen molar-refractivity contribution >= 4 is 35.1 Å². The summed E-state index contributed by atoms with van der Waals surface area (Å²) >= 11 is 0. The number of nitrogens with zero attached hydrogens (tertiary/aromatic N) is 2. The van der Waals surface area contributed by atoms with Crippen molar-refractivity contribution in [3.8, 4) is 0 Å². The van der Waals surface area contributed by atoms with E-state index < -0.39 is 11.7 Å². The molecule has 1 aromatic rings. The molecule has 2 heterocycles. The number of Topliss-reactive ketones (excluding diaryl/α,β-unsaturated/α-hetero) is 1. The maximum Gasteiger partial charge on any atom is 0.298 e. The largest absolute Gasteiger partial charge is 0.370 e. The summed E-state index contributed by atoms with van der Waals surface area (Å²) in [6, 6.07) is 1.53. The normalized spacial score (nSPS) is 22.1. The number of nitrogens with two attached hydrogens (primary N) is 2. The molecule has 25 heavy (non-hydrogen) atoms. The molecule has 2 aliphatic rings. The van der Waals surface area contributed by atoms with Crippen LogP contribution in [-0.2, 0) is 9.59 Å². The second-order valence-corrected chi connectivity index (χ2v) is 6.34. The lowest BCUT2D eigenvalue weighted by molar-refractivity contribution is -0.121. The van der Waals surface area contributed by atoms with E-state index in [0.29, 0.717) is 18.2 Å². The highest BCUT2D eigenvalue weighted by Gasteiger charge is 2.33. The van der Waals surface area contributed by atoms with Gasteiger partial charge in [-0.3, -0.25) is 19.4 Å². The molecule has 0 spiro atoms. The molecule has 0 atom stereocenters. The number of amides is 2. The summed E-state index contributed by atoms with van der Waals surface area (Å²) < 4.78 is 0. The van der Waals surface area contributed by atoms with Gasteiger partial charge in [0.1, 0.15) is 5.82 Å². The summed E-state index contributed by atoms with van der Waals surface area (Å²) in [4.78, 5) is 43.9. The molecule has 1 fully saturated rings. The van der Waals surface area contributed by atoms with Gasteiger partial charge in [-0.05, 0) is 37.7 Å². The van der Waals surface area contributed by atoms with Gasteiger partial charge in [-0.25, -0.2) is 4.98 Å². The van der Waals surface area contributed by atoms with Crippen LogP contribution in [0.25, 0.3) is 0 Å². The van der Waals surface area contributed by atoms with Crippen molar-refractivity contribution in [3.05, 3.63) is 17.8 Å². The molecule has 6 N–H and O–H groups in total. The number of rotatable bonds is 4. The first-order chi connectivity index (χ1) is 12.0. The van der Waals surface area contributed by atoms with Crippen LogP contribution in [0, 0.1) is 11.8 Å². The minimum absolute atomic E-state index is 0.0826. The summed E-state index contributed by atoms with van der Waals surface area (Å²) in [5.41, 5.74) is 11.1. The van der Waals surface area contributed by atoms with E-state index in [0.717, 1.165) is 25.7 Å². The second-order valence-electron chi connectivity index (χ2n) is 6.34. The SMILES string of the molecule is NC(N)=NCC1CCC(C(=O)Nc2ccnc3c2C(=O)C(=O)N3)CC1. The van der Waals surface area contributed by atoms with Gasteiger partial charge in [0.15, 0.2) is 5.96 Å². The van der Waals surface area contributed by atoms with Crippen LogP contribution in [0.3, 0.4) is 0 Å². The number of aliphatic imine (C=N–C) groups is 1. The molecule has 0 unspecified atom stereocenters. The molecular weight excluding hydrogens is 324 g/mol. The lowest BCUT2D eigenvalue weighted by Crippen LogP contribution is -2.29. The molecule has 9 heteroatoms. The highest BCUT2D eigenvalue weighted by Crippen LogP contribution is 2.32. The molecule has 3 rings (SSSR count). The van der Waals surface area contributed by atoms with E-state index >= 15 is 0 Å². The van der Waals surface area contributed by atoms with Crippen LogP contribution < -0.4 is 22.1 Å². The summed E-state index contributed by atoms with van der Waals surface area (Å²) in [7, 11) is 0. The molecule has 1 saturated carbocycles. The van der Waals surface area contributed by atoms with E-state index in [1.807, 2.05) is 0 Å². The minimum Gasteiger partial charge on any atom is -0.370 e. The third-order valence-electron chi connectivity index (χ3n) is 4.62. The van der Waals surface area contributed by atoms with Crippen LogP contribution in [0.15, 0.2) is 17.3 Å². The van der Waals surface area contributed by atoms with Crippen molar-refractivity contribution < 1.29 is 14.4 Å². The smallest absolute Gasteiger partial charge is 0.298 e. The first-order valence-electron chi connectivity index (χ1n) is 8.16. The second kappa shape index (κ2) is 6.88. The Balaban J connectivity index is 1.62. The molecule has 1 aromatic heterocycles. The quantitative estimate of drug-likeness (QED) is 0.348. The fourth-order valence-electron chi connectivity index (χ4n) is 3.24. The van der Waals surface area contributed by atoms with Crippen molar-refractivity contribution in [1.82, 2.24) is 4.98 Å². The third kappa shape index (κ3) is 3.59. The van der Waals surface area contributed by atoms with Crippen LogP contribution in [0.4, 0.5) is 11.5 Å². The van der Waals surface area contributed by atoms with E-state index in [2.05, 4.69) is 20.6 Å². The van der Waals surface area contributed by atoms with Crippen molar-refractivity contribution in [2.24, 2.45) is 28.3 Å². The van der Waals surface area contributed by atoms with Crippen LogP contribution >= 0.6 is 0 Å². The molecule has 0 aromatic carbocycles. The number of fused-ring (bicyclic) bond motifs is 1. The van der Waals surface area contributed by atoms with Crippen molar-refractivity contribution in [3.63, 3.8) is 0 Å². The van der Waals surface area contributed by atoms with Crippen molar-refractivity contribution in [2.75, 3.05) is 17.2 Å². The molecule has 9 nitrogen and oxygen atoms in total. The molecule has 2 amide bonds. The van der Waals surface area contributed by atoms with E-state index in [1.54, 1.807) is 0 Å². The average Bonchev–Trinajstić information content (AvgIpc) is 2.89. The Labute approximate surface area is 144 Å². The van der Waals surface area contributed by atoms with Crippen molar-refractivity contribution in [1.29, 1.82) is 0 Å². The number of anilines is 2. The lowest BCUT2D eigenvalue weighted by atomic mass is 9.81. The van der Waals surface area contributed by atoms with Gasteiger partial charge in [-0.1, -0.05) is 0 Å². The Morgan fingerprint density at radius 2 is 2.00 bits per heavy atom. The number of pyridine rings is 1. The Morgan fingerprint density at radius 3 is 2.68 bits per heavy atom. The zero-order valence-electron chi connectivity index (χ0n) is 13.6. The van der Waals surface area contributed by atoms with Crippen LogP contribution in [0.2, 0.25) is 0 Å². The Kier molecular flexibility index (Phi) is 4.64. The van der Waals surface area contributed by atoms with Gasteiger partial charge in [0.25, 0.3) is 11.7 Å². The zero-order valence-corrected chi connectivity index (χ0v) is 13.6. The molecule has 1 aliphatic carbocycles. The fourth-order valence-corrected chi connectivity index (χ4v) is 3.24. The number of carbonyl (C=O) groups excluding carboxylic acids is 3. The van der Waals surface area contributed by atoms with Gasteiger partial charge >= 0.3 is 0 Å². The summed E-state index contributed by atoms with van der Waals surface area (Å²) in [6.45, 7) is 0.580. The molecule has 0 bridgehead atoms. The van der Waals surface area contributed by atoms with E-state index in [-0.39, 0.29) is 29.2 Å². The number of hydrogen-bond acceptors (Lipinski definition) is 5. The number of carbonyl (C=O) groups is 3. The van der Waals surface area contributed by atoms with E-state index in [4.69, 9.17) is 11.5 Å². The fraction of sp³-hybridized carbons (Fsp3) is 0.438. The van der Waals surface area contributed by atoms with Gasteiger partial charge in [0, 0.05) is 18.7 Å². The first-order valence-corrected chi connectivity index (χ1v) is 8.16. The summed E-state index contributed by atoms with van der Waals surface area (Å²) in [5.74, 6) is -1.06. The van der Waals surface area contributed by atoms with Gasteiger partial charge in [0.05, 0.1) is 11.3 Å². The first kappa shape index (κ1) is 16.9. The standard InChI is InChI=1S/C16H20N6O3/c17-16(18)20-7-8-1-3-9(4-2-8)14(24)21-10-5-6-19-13-11(10)12(23)15(25)22-13/h5-6,8-9H,1-4,7H2,(H4,17,18,20)(H2,19,21,22,23,24,25). The highest BCUT2D eigenvalue weighted by molar-refractivity contribution is 6.52. The molecule has 0 radical (unpaired) electrons. The maximum absolute atomic E-state index is 12.5. The number of ketones is 1. The monoisotopic (exact) mass is 344 g/mol. The number of hydrogen-bond donors (Lipinski definition) is 4. The predicted molar refractivity (Wildman–Crippen MR) is 92.0 cm³/mol. The van der Waals surface area contributed by atoms with Gasteiger partial charge in [0.2, 0.25) is 5.91 Å². The van der Waals surface area contributed by atoms with Crippen LogP contribution in [-0.4, -0.2) is 35.1 Å². The van der Waals surface area contributed by atoms with Crippen molar-refractivity contribution in [2.45, 2.75) is 25.7 Å². The Morgan fingerprint density at radius 1 is 1.28 bits per heavy atom. The zero-order chi connectivity index (χ0) is 18.0. The average molecular weight is 344 g/mol. The molecular formula is C16H20N6O3. The molecule has 132 valence electrons. The van der Waals surface area contributed by atoms with Gasteiger partial charge in [-0.2, -0.15) is 0 Å².